The molecule has 0 aromatic heterocycles. The molecule has 1 saturated heterocycles. The lowest BCUT2D eigenvalue weighted by Gasteiger charge is -2.20. The number of hydrogen-bond acceptors (Lipinski definition) is 5. The van der Waals surface area contributed by atoms with Crippen molar-refractivity contribution < 1.29 is 24.8 Å². The maximum absolute atomic E-state index is 10.0. The molecule has 0 unspecified atom stereocenters. The van der Waals surface area contributed by atoms with Gasteiger partial charge >= 0.3 is 0 Å². The highest BCUT2D eigenvalue weighted by molar-refractivity contribution is 4.88. The minimum Gasteiger partial charge on any atom is -0.394 e. The molecule has 0 aromatic carbocycles. The van der Waals surface area contributed by atoms with Crippen LogP contribution < -0.4 is 0 Å². The molecule has 5 nitrogen and oxygen atoms in total. The fraction of sp³-hybridized carbons (Fsp3) is 0.913. The van der Waals surface area contributed by atoms with E-state index in [1.807, 2.05) is 0 Å². The highest BCUT2D eigenvalue weighted by Gasteiger charge is 2.40. The van der Waals surface area contributed by atoms with Crippen LogP contribution in [-0.2, 0) is 9.47 Å². The summed E-state index contributed by atoms with van der Waals surface area (Å²) in [5.74, 6) is 0. The molecule has 3 N–H and O–H groups in total. The topological polar surface area (TPSA) is 79.2 Å². The Morgan fingerprint density at radius 3 is 2.11 bits per heavy atom. The third-order valence-corrected chi connectivity index (χ3v) is 5.47. The maximum atomic E-state index is 10.0. The Bertz CT molecular complexity index is 374. The van der Waals surface area contributed by atoms with Crippen molar-refractivity contribution in [1.29, 1.82) is 0 Å². The molecule has 1 fully saturated rings. The van der Waals surface area contributed by atoms with Gasteiger partial charge in [0.1, 0.15) is 24.4 Å². The predicted molar refractivity (Wildman–Crippen MR) is 113 cm³/mol. The number of unbranched alkanes of at least 4 members (excludes halogenated alkanes) is 11. The van der Waals surface area contributed by atoms with Gasteiger partial charge in [0.2, 0.25) is 0 Å². The van der Waals surface area contributed by atoms with Gasteiger partial charge < -0.3 is 24.8 Å². The summed E-state index contributed by atoms with van der Waals surface area (Å²) < 4.78 is 11.0. The smallest absolute Gasteiger partial charge is 0.114 e. The lowest BCUT2D eigenvalue weighted by atomic mass is 10.1. The molecular weight excluding hydrogens is 356 g/mol. The Kier molecular flexibility index (Phi) is 15.9. The van der Waals surface area contributed by atoms with Crippen LogP contribution >= 0.6 is 0 Å². The second kappa shape index (κ2) is 17.4. The van der Waals surface area contributed by atoms with Crippen molar-refractivity contribution in [2.24, 2.45) is 0 Å². The SMILES string of the molecule is CCCCCCCCC/C=C/CCCCCCO[C@H]1CO[C@@H]([C@H](O)CO)[C@H]1O. The van der Waals surface area contributed by atoms with Gasteiger partial charge in [0, 0.05) is 6.61 Å². The molecule has 166 valence electrons. The Labute approximate surface area is 172 Å². The minimum atomic E-state index is -1.05. The van der Waals surface area contributed by atoms with E-state index in [2.05, 4.69) is 19.1 Å². The molecule has 1 rings (SSSR count). The van der Waals surface area contributed by atoms with Gasteiger partial charge in [-0.2, -0.15) is 0 Å². The quantitative estimate of drug-likeness (QED) is 0.238. The fourth-order valence-electron chi connectivity index (χ4n) is 3.61. The molecule has 1 heterocycles. The summed E-state index contributed by atoms with van der Waals surface area (Å²) in [6, 6.07) is 0. The number of aliphatic hydroxyl groups excluding tert-OH is 3. The molecule has 0 aromatic rings. The molecular formula is C23H44O5. The van der Waals surface area contributed by atoms with Gasteiger partial charge in [0.15, 0.2) is 0 Å². The number of hydrogen-bond donors (Lipinski definition) is 3. The van der Waals surface area contributed by atoms with E-state index in [4.69, 9.17) is 14.6 Å². The molecule has 0 aliphatic carbocycles. The Morgan fingerprint density at radius 1 is 0.929 bits per heavy atom. The van der Waals surface area contributed by atoms with Crippen molar-refractivity contribution in [2.75, 3.05) is 19.8 Å². The van der Waals surface area contributed by atoms with Crippen LogP contribution in [0.25, 0.3) is 0 Å². The van der Waals surface area contributed by atoms with Crippen molar-refractivity contribution in [2.45, 2.75) is 115 Å². The van der Waals surface area contributed by atoms with E-state index in [0.717, 1.165) is 19.3 Å². The number of ether oxygens (including phenoxy) is 2. The van der Waals surface area contributed by atoms with E-state index in [0.29, 0.717) is 6.61 Å². The van der Waals surface area contributed by atoms with E-state index < -0.39 is 31.0 Å². The lowest BCUT2D eigenvalue weighted by Crippen LogP contribution is -2.41. The second-order valence-electron chi connectivity index (χ2n) is 8.03. The summed E-state index contributed by atoms with van der Waals surface area (Å²) in [5, 5.41) is 28.5. The van der Waals surface area contributed by atoms with E-state index in [9.17, 15) is 10.2 Å². The third-order valence-electron chi connectivity index (χ3n) is 5.47. The summed E-state index contributed by atoms with van der Waals surface area (Å²) in [6.07, 6.45) is 18.1. The molecule has 0 spiro atoms. The molecule has 1 aliphatic heterocycles. The third kappa shape index (κ3) is 11.5. The average Bonchev–Trinajstić information content (AvgIpc) is 3.07. The minimum absolute atomic E-state index is 0.270. The predicted octanol–water partition coefficient (Wildman–Crippen LogP) is 4.13. The standard InChI is InChI=1S/C23H44O5/c1-2-3-4-5-6-7-8-9-10-11-12-13-14-15-16-17-27-21-19-28-23(22(21)26)20(25)18-24/h10-11,20-26H,2-9,12-19H2,1H3/b11-10+/t20-,21+,22+,23+/m1/s1. The zero-order valence-electron chi connectivity index (χ0n) is 17.9. The van der Waals surface area contributed by atoms with Gasteiger partial charge in [-0.1, -0.05) is 70.4 Å². The highest BCUT2D eigenvalue weighted by Crippen LogP contribution is 2.20. The number of rotatable bonds is 18. The highest BCUT2D eigenvalue weighted by atomic mass is 16.6. The van der Waals surface area contributed by atoms with E-state index in [1.54, 1.807) is 0 Å². The van der Waals surface area contributed by atoms with Gasteiger partial charge in [-0.3, -0.25) is 0 Å². The molecule has 28 heavy (non-hydrogen) atoms. The molecule has 0 saturated carbocycles. The lowest BCUT2D eigenvalue weighted by molar-refractivity contribution is -0.0730. The fourth-order valence-corrected chi connectivity index (χ4v) is 3.61. The molecule has 0 amide bonds. The second-order valence-corrected chi connectivity index (χ2v) is 8.03. The van der Waals surface area contributed by atoms with E-state index in [-0.39, 0.29) is 6.61 Å². The summed E-state index contributed by atoms with van der Waals surface area (Å²) in [7, 11) is 0. The molecule has 0 bridgehead atoms. The Hall–Kier alpha value is -0.460. The summed E-state index contributed by atoms with van der Waals surface area (Å²) in [6.45, 7) is 2.72. The zero-order chi connectivity index (χ0) is 20.5. The van der Waals surface area contributed by atoms with Crippen molar-refractivity contribution in [3.8, 4) is 0 Å². The zero-order valence-corrected chi connectivity index (χ0v) is 17.9. The van der Waals surface area contributed by atoms with Crippen molar-refractivity contribution in [3.05, 3.63) is 12.2 Å². The van der Waals surface area contributed by atoms with Crippen LogP contribution in [0.4, 0.5) is 0 Å². The van der Waals surface area contributed by atoms with Gasteiger partial charge in [0.05, 0.1) is 13.2 Å². The summed E-state index contributed by atoms with van der Waals surface area (Å²) in [5.41, 5.74) is 0. The Balaban J connectivity index is 1.85. The summed E-state index contributed by atoms with van der Waals surface area (Å²) >= 11 is 0. The van der Waals surface area contributed by atoms with Crippen LogP contribution in [0, 0.1) is 0 Å². The first-order valence-electron chi connectivity index (χ1n) is 11.6. The first-order valence-corrected chi connectivity index (χ1v) is 11.6. The van der Waals surface area contributed by atoms with Crippen LogP contribution in [0.1, 0.15) is 90.4 Å². The van der Waals surface area contributed by atoms with E-state index in [1.165, 1.54) is 64.2 Å². The van der Waals surface area contributed by atoms with Gasteiger partial charge in [-0.25, -0.2) is 0 Å². The first kappa shape index (κ1) is 25.6. The normalized spacial score (nSPS) is 23.6. The van der Waals surface area contributed by atoms with Crippen LogP contribution in [-0.4, -0.2) is 59.6 Å². The van der Waals surface area contributed by atoms with Crippen LogP contribution in [0.3, 0.4) is 0 Å². The number of aliphatic hydroxyl groups is 3. The molecule has 4 atom stereocenters. The molecule has 0 radical (unpaired) electrons. The van der Waals surface area contributed by atoms with Crippen molar-refractivity contribution in [1.82, 2.24) is 0 Å². The summed E-state index contributed by atoms with van der Waals surface area (Å²) in [4.78, 5) is 0. The Morgan fingerprint density at radius 2 is 1.50 bits per heavy atom. The van der Waals surface area contributed by atoms with E-state index >= 15 is 0 Å². The van der Waals surface area contributed by atoms with Crippen LogP contribution in [0.2, 0.25) is 0 Å². The van der Waals surface area contributed by atoms with Crippen LogP contribution in [0.5, 0.6) is 0 Å². The van der Waals surface area contributed by atoms with Gasteiger partial charge in [0.25, 0.3) is 0 Å². The van der Waals surface area contributed by atoms with Crippen molar-refractivity contribution in [3.63, 3.8) is 0 Å². The number of allylic oxidation sites excluding steroid dienone is 2. The molecule has 1 aliphatic rings. The van der Waals surface area contributed by atoms with Crippen LogP contribution in [0.15, 0.2) is 12.2 Å². The maximum Gasteiger partial charge on any atom is 0.114 e. The largest absolute Gasteiger partial charge is 0.394 e. The van der Waals surface area contributed by atoms with Gasteiger partial charge in [-0.05, 0) is 32.1 Å². The monoisotopic (exact) mass is 400 g/mol. The van der Waals surface area contributed by atoms with Crippen molar-refractivity contribution >= 4 is 0 Å². The average molecular weight is 401 g/mol. The first-order chi connectivity index (χ1) is 13.7. The van der Waals surface area contributed by atoms with Gasteiger partial charge in [-0.15, -0.1) is 0 Å². The molecule has 5 heteroatoms.